The van der Waals surface area contributed by atoms with E-state index in [0.29, 0.717) is 16.8 Å². The number of aromatic nitrogens is 2. The third-order valence-electron chi connectivity index (χ3n) is 3.05. The van der Waals surface area contributed by atoms with Crippen molar-refractivity contribution in [3.63, 3.8) is 0 Å². The second kappa shape index (κ2) is 3.81. The van der Waals surface area contributed by atoms with Crippen molar-refractivity contribution in [1.82, 2.24) is 14.9 Å². The van der Waals surface area contributed by atoms with Crippen LogP contribution in [0.3, 0.4) is 0 Å². The predicted octanol–water partition coefficient (Wildman–Crippen LogP) is 0.121. The fourth-order valence-electron chi connectivity index (χ4n) is 2.25. The molecular weight excluding hydrogens is 254 g/mol. The van der Waals surface area contributed by atoms with Crippen LogP contribution < -0.4 is 16.6 Å². The van der Waals surface area contributed by atoms with Crippen LogP contribution in [0.5, 0.6) is 0 Å². The molecule has 7 heteroatoms. The number of carbonyl (C=O) groups excluding carboxylic acids is 1. The molecule has 0 spiro atoms. The summed E-state index contributed by atoms with van der Waals surface area (Å²) < 4.78 is 1.68. The molecule has 6 nitrogen and oxygen atoms in total. The van der Waals surface area contributed by atoms with Crippen molar-refractivity contribution < 1.29 is 4.79 Å². The molecule has 1 amide bonds. The van der Waals surface area contributed by atoms with Gasteiger partial charge in [0.2, 0.25) is 5.91 Å². The van der Waals surface area contributed by atoms with E-state index >= 15 is 0 Å². The van der Waals surface area contributed by atoms with Crippen LogP contribution in [0.15, 0.2) is 15.7 Å². The van der Waals surface area contributed by atoms with E-state index in [2.05, 4.69) is 10.3 Å². The SMILES string of the molecule is Cc1cc2[nH]c(=O)n(C3CNC(=O)C3)c(=O)c2s1. The first-order valence-corrected chi connectivity index (χ1v) is 6.39. The lowest BCUT2D eigenvalue weighted by molar-refractivity contribution is -0.119. The number of thiophene rings is 1. The van der Waals surface area contributed by atoms with Gasteiger partial charge in [-0.2, -0.15) is 0 Å². The molecule has 18 heavy (non-hydrogen) atoms. The minimum Gasteiger partial charge on any atom is -0.354 e. The summed E-state index contributed by atoms with van der Waals surface area (Å²) in [4.78, 5) is 39.0. The van der Waals surface area contributed by atoms with Gasteiger partial charge in [-0.15, -0.1) is 11.3 Å². The van der Waals surface area contributed by atoms with Gasteiger partial charge in [-0.25, -0.2) is 4.79 Å². The summed E-state index contributed by atoms with van der Waals surface area (Å²) in [5.41, 5.74) is -0.193. The number of H-pyrrole nitrogens is 1. The van der Waals surface area contributed by atoms with Crippen molar-refractivity contribution in [1.29, 1.82) is 0 Å². The van der Waals surface area contributed by atoms with E-state index < -0.39 is 5.69 Å². The van der Waals surface area contributed by atoms with Crippen LogP contribution in [-0.2, 0) is 4.79 Å². The molecule has 1 unspecified atom stereocenters. The molecular formula is C11H11N3O3S. The van der Waals surface area contributed by atoms with Gasteiger partial charge in [0.05, 0.1) is 11.6 Å². The molecule has 1 atom stereocenters. The predicted molar refractivity (Wildman–Crippen MR) is 68.1 cm³/mol. The lowest BCUT2D eigenvalue weighted by atomic mass is 10.2. The first-order valence-electron chi connectivity index (χ1n) is 5.58. The number of amides is 1. The van der Waals surface area contributed by atoms with E-state index in [1.54, 1.807) is 6.07 Å². The minimum absolute atomic E-state index is 0.131. The molecule has 0 bridgehead atoms. The quantitative estimate of drug-likeness (QED) is 0.768. The van der Waals surface area contributed by atoms with Gasteiger partial charge < -0.3 is 10.3 Å². The normalized spacial score (nSPS) is 19.4. The molecule has 1 saturated heterocycles. The van der Waals surface area contributed by atoms with Crippen LogP contribution in [0.4, 0.5) is 0 Å². The Morgan fingerprint density at radius 2 is 2.17 bits per heavy atom. The molecule has 94 valence electrons. The van der Waals surface area contributed by atoms with Crippen molar-refractivity contribution in [2.45, 2.75) is 19.4 Å². The summed E-state index contributed by atoms with van der Waals surface area (Å²) in [6.45, 7) is 2.21. The largest absolute Gasteiger partial charge is 0.354 e. The Morgan fingerprint density at radius 3 is 2.83 bits per heavy atom. The summed E-state index contributed by atoms with van der Waals surface area (Å²) in [6.07, 6.45) is 0.179. The average molecular weight is 265 g/mol. The van der Waals surface area contributed by atoms with E-state index in [1.165, 1.54) is 11.3 Å². The Balaban J connectivity index is 2.26. The van der Waals surface area contributed by atoms with Gasteiger partial charge in [-0.05, 0) is 13.0 Å². The van der Waals surface area contributed by atoms with Crippen molar-refractivity contribution in [3.8, 4) is 0 Å². The maximum Gasteiger partial charge on any atom is 0.329 e. The third kappa shape index (κ3) is 1.59. The van der Waals surface area contributed by atoms with Gasteiger partial charge in [-0.3, -0.25) is 14.2 Å². The molecule has 0 radical (unpaired) electrons. The fraction of sp³-hybridized carbons (Fsp3) is 0.364. The van der Waals surface area contributed by atoms with Crippen LogP contribution in [0.25, 0.3) is 10.2 Å². The number of hydrogen-bond donors (Lipinski definition) is 2. The van der Waals surface area contributed by atoms with Crippen LogP contribution in [0.1, 0.15) is 17.3 Å². The zero-order chi connectivity index (χ0) is 12.9. The number of hydrogen-bond acceptors (Lipinski definition) is 4. The molecule has 1 fully saturated rings. The van der Waals surface area contributed by atoms with Crippen LogP contribution >= 0.6 is 11.3 Å². The van der Waals surface area contributed by atoms with Gasteiger partial charge in [0.1, 0.15) is 4.70 Å². The minimum atomic E-state index is -0.452. The molecule has 3 rings (SSSR count). The van der Waals surface area contributed by atoms with E-state index in [4.69, 9.17) is 0 Å². The summed E-state index contributed by atoms with van der Waals surface area (Å²) in [5, 5.41) is 2.63. The molecule has 2 aromatic rings. The van der Waals surface area contributed by atoms with E-state index in [-0.39, 0.29) is 23.9 Å². The second-order valence-corrected chi connectivity index (χ2v) is 5.62. The topological polar surface area (TPSA) is 84.0 Å². The number of rotatable bonds is 1. The first-order chi connectivity index (χ1) is 8.56. The molecule has 0 aliphatic carbocycles. The maximum absolute atomic E-state index is 12.3. The fourth-order valence-corrected chi connectivity index (χ4v) is 3.15. The molecule has 1 aliphatic heterocycles. The highest BCUT2D eigenvalue weighted by molar-refractivity contribution is 7.18. The van der Waals surface area contributed by atoms with Gasteiger partial charge in [0.15, 0.2) is 0 Å². The standard InChI is InChI=1S/C11H11N3O3S/c1-5-2-7-9(18-5)10(16)14(11(17)13-7)6-3-8(15)12-4-6/h2,6H,3-4H2,1H3,(H,12,15)(H,13,17). The summed E-state index contributed by atoms with van der Waals surface area (Å²) in [5.74, 6) is -0.131. The number of aryl methyl sites for hydroxylation is 1. The summed E-state index contributed by atoms with van der Waals surface area (Å²) in [6, 6.07) is 1.39. The monoisotopic (exact) mass is 265 g/mol. The Kier molecular flexibility index (Phi) is 2.37. The number of nitrogens with one attached hydrogen (secondary N) is 2. The van der Waals surface area contributed by atoms with Crippen LogP contribution in [0, 0.1) is 6.92 Å². The van der Waals surface area contributed by atoms with Gasteiger partial charge >= 0.3 is 5.69 Å². The number of carbonyl (C=O) groups is 1. The number of nitrogens with zero attached hydrogens (tertiary/aromatic N) is 1. The molecule has 1 aliphatic rings. The van der Waals surface area contributed by atoms with E-state index in [1.807, 2.05) is 6.92 Å². The molecule has 0 saturated carbocycles. The lowest BCUT2D eigenvalue weighted by Gasteiger charge is -2.09. The van der Waals surface area contributed by atoms with Crippen molar-refractivity contribution in [2.24, 2.45) is 0 Å². The Morgan fingerprint density at radius 1 is 1.39 bits per heavy atom. The summed E-state index contributed by atoms with van der Waals surface area (Å²) >= 11 is 1.35. The van der Waals surface area contributed by atoms with Crippen molar-refractivity contribution in [3.05, 3.63) is 31.8 Å². The number of aromatic amines is 1. The van der Waals surface area contributed by atoms with Gasteiger partial charge in [-0.1, -0.05) is 0 Å². The van der Waals surface area contributed by atoms with Crippen LogP contribution in [0.2, 0.25) is 0 Å². The Bertz CT molecular complexity index is 755. The van der Waals surface area contributed by atoms with E-state index in [9.17, 15) is 14.4 Å². The molecule has 0 aromatic carbocycles. The highest BCUT2D eigenvalue weighted by atomic mass is 32.1. The number of fused-ring (bicyclic) bond motifs is 1. The first kappa shape index (κ1) is 11.2. The maximum atomic E-state index is 12.3. The highest BCUT2D eigenvalue weighted by Crippen LogP contribution is 2.20. The zero-order valence-corrected chi connectivity index (χ0v) is 10.5. The van der Waals surface area contributed by atoms with Crippen molar-refractivity contribution in [2.75, 3.05) is 6.54 Å². The smallest absolute Gasteiger partial charge is 0.329 e. The van der Waals surface area contributed by atoms with Crippen molar-refractivity contribution >= 4 is 27.5 Å². The van der Waals surface area contributed by atoms with Gasteiger partial charge in [0, 0.05) is 17.8 Å². The average Bonchev–Trinajstić information content (AvgIpc) is 2.85. The molecule has 2 N–H and O–H groups in total. The molecule has 2 aromatic heterocycles. The van der Waals surface area contributed by atoms with Crippen LogP contribution in [-0.4, -0.2) is 22.0 Å². The summed E-state index contributed by atoms with van der Waals surface area (Å²) in [7, 11) is 0. The van der Waals surface area contributed by atoms with E-state index in [0.717, 1.165) is 9.44 Å². The highest BCUT2D eigenvalue weighted by Gasteiger charge is 2.26. The second-order valence-electron chi connectivity index (χ2n) is 4.37. The lowest BCUT2D eigenvalue weighted by Crippen LogP contribution is -2.38. The van der Waals surface area contributed by atoms with Gasteiger partial charge in [0.25, 0.3) is 5.56 Å². The zero-order valence-electron chi connectivity index (χ0n) is 9.65. The Labute approximate surface area is 105 Å². The third-order valence-corrected chi connectivity index (χ3v) is 4.09. The molecule has 3 heterocycles. The Hall–Kier alpha value is -1.89.